The fraction of sp³-hybridized carbons (Fsp3) is 0.500. The molecule has 1 unspecified atom stereocenters. The Hall–Kier alpha value is -1.45. The number of nitrogens with zero attached hydrogens (tertiary/aromatic N) is 1. The summed E-state index contributed by atoms with van der Waals surface area (Å²) in [6.45, 7) is 0.355. The van der Waals surface area contributed by atoms with Gasteiger partial charge in [-0.2, -0.15) is 0 Å². The number of carbonyl (C=O) groups excluding carboxylic acids is 1. The number of nitrogens with one attached hydrogen (secondary N) is 1. The number of carbonyl (C=O) groups is 1. The molecular weight excluding hydrogens is 340 g/mol. The minimum Gasteiger partial charge on any atom is -0.274 e. The average molecular weight is 360 g/mol. The van der Waals surface area contributed by atoms with Gasteiger partial charge >= 0.3 is 0 Å². The molecule has 7 nitrogen and oxygen atoms in total. The first-order valence-electron chi connectivity index (χ1n) is 7.21. The number of benzene rings is 1. The minimum atomic E-state index is -3.64. The molecule has 0 aromatic heterocycles. The van der Waals surface area contributed by atoms with Gasteiger partial charge < -0.3 is 0 Å². The van der Waals surface area contributed by atoms with E-state index in [4.69, 9.17) is 0 Å². The fourth-order valence-electron chi connectivity index (χ4n) is 2.55. The lowest BCUT2D eigenvalue weighted by atomic mass is 9.99. The van der Waals surface area contributed by atoms with Crippen LogP contribution in [-0.4, -0.2) is 46.4 Å². The minimum absolute atomic E-state index is 0.0104. The lowest BCUT2D eigenvalue weighted by Crippen LogP contribution is -2.46. The van der Waals surface area contributed by atoms with Crippen LogP contribution in [0.5, 0.6) is 0 Å². The highest BCUT2D eigenvalue weighted by molar-refractivity contribution is 7.89. The summed E-state index contributed by atoms with van der Waals surface area (Å²) < 4.78 is 50.4. The van der Waals surface area contributed by atoms with Gasteiger partial charge in [0.1, 0.15) is 0 Å². The molecule has 1 saturated heterocycles. The monoisotopic (exact) mass is 360 g/mol. The van der Waals surface area contributed by atoms with Crippen molar-refractivity contribution < 1.29 is 21.6 Å². The van der Waals surface area contributed by atoms with Gasteiger partial charge in [-0.15, -0.1) is 0 Å². The Morgan fingerprint density at radius 3 is 2.48 bits per heavy atom. The first kappa shape index (κ1) is 17.9. The molecule has 23 heavy (non-hydrogen) atoms. The second-order valence-corrected chi connectivity index (χ2v) is 9.39. The molecule has 1 aromatic carbocycles. The summed E-state index contributed by atoms with van der Waals surface area (Å²) in [7, 11) is -7.18. The van der Waals surface area contributed by atoms with E-state index < -0.39 is 31.9 Å². The van der Waals surface area contributed by atoms with Crippen molar-refractivity contribution in [2.75, 3.05) is 19.3 Å². The molecule has 0 aliphatic carbocycles. The summed E-state index contributed by atoms with van der Waals surface area (Å²) in [5.74, 6) is -1.43. The lowest BCUT2D eigenvalue weighted by molar-refractivity contribution is -0.124. The molecule has 0 bridgehead atoms. The van der Waals surface area contributed by atoms with Crippen molar-refractivity contribution in [2.45, 2.75) is 18.6 Å². The van der Waals surface area contributed by atoms with Gasteiger partial charge in [0.05, 0.1) is 17.9 Å². The van der Waals surface area contributed by atoms with Crippen LogP contribution < -0.4 is 4.72 Å². The van der Waals surface area contributed by atoms with Crippen molar-refractivity contribution in [3.8, 4) is 0 Å². The maximum atomic E-state index is 12.5. The molecule has 2 rings (SSSR count). The third kappa shape index (κ3) is 5.29. The van der Waals surface area contributed by atoms with Crippen LogP contribution in [0.4, 0.5) is 0 Å². The van der Waals surface area contributed by atoms with Gasteiger partial charge in [-0.3, -0.25) is 9.52 Å². The fourth-order valence-corrected chi connectivity index (χ4v) is 4.69. The highest BCUT2D eigenvalue weighted by Gasteiger charge is 2.33. The number of hydrogen-bond donors (Lipinski definition) is 1. The Morgan fingerprint density at radius 2 is 1.87 bits per heavy atom. The molecule has 128 valence electrons. The zero-order valence-electron chi connectivity index (χ0n) is 12.8. The van der Waals surface area contributed by atoms with Gasteiger partial charge in [0.25, 0.3) is 0 Å². The number of hydrogen-bond acceptors (Lipinski definition) is 5. The Kier molecular flexibility index (Phi) is 5.43. The predicted octanol–water partition coefficient (Wildman–Crippen LogP) is 0.304. The van der Waals surface area contributed by atoms with Crippen molar-refractivity contribution in [2.24, 2.45) is 5.92 Å². The third-order valence-corrected chi connectivity index (χ3v) is 6.01. The van der Waals surface area contributed by atoms with Gasteiger partial charge in [0.2, 0.25) is 26.0 Å². The number of sulfonamides is 2. The summed E-state index contributed by atoms with van der Waals surface area (Å²) in [5.41, 5.74) is 0.676. The van der Waals surface area contributed by atoms with E-state index in [0.717, 1.165) is 6.26 Å². The van der Waals surface area contributed by atoms with E-state index in [1.54, 1.807) is 24.3 Å². The van der Waals surface area contributed by atoms with Crippen LogP contribution in [-0.2, 0) is 30.6 Å². The Bertz CT molecular complexity index is 760. The van der Waals surface area contributed by atoms with Crippen LogP contribution in [0.1, 0.15) is 18.4 Å². The Balaban J connectivity index is 2.06. The molecule has 1 fully saturated rings. The van der Waals surface area contributed by atoms with E-state index >= 15 is 0 Å². The number of rotatable bonds is 5. The maximum Gasteiger partial charge on any atom is 0.237 e. The Morgan fingerprint density at radius 1 is 1.22 bits per heavy atom. The quantitative estimate of drug-likeness (QED) is 0.814. The molecule has 1 heterocycles. The summed E-state index contributed by atoms with van der Waals surface area (Å²) in [5, 5.41) is 0. The molecule has 0 spiro atoms. The van der Waals surface area contributed by atoms with Crippen molar-refractivity contribution in [1.82, 2.24) is 9.03 Å². The van der Waals surface area contributed by atoms with Crippen LogP contribution in [0.25, 0.3) is 0 Å². The van der Waals surface area contributed by atoms with Crippen LogP contribution >= 0.6 is 0 Å². The molecule has 1 aromatic rings. The van der Waals surface area contributed by atoms with Crippen molar-refractivity contribution >= 4 is 26.0 Å². The molecule has 9 heteroatoms. The van der Waals surface area contributed by atoms with E-state index in [9.17, 15) is 21.6 Å². The van der Waals surface area contributed by atoms with E-state index in [1.807, 2.05) is 10.8 Å². The predicted molar refractivity (Wildman–Crippen MR) is 86.3 cm³/mol. The highest BCUT2D eigenvalue weighted by Crippen LogP contribution is 2.21. The van der Waals surface area contributed by atoms with E-state index in [2.05, 4.69) is 0 Å². The van der Waals surface area contributed by atoms with Crippen molar-refractivity contribution in [3.63, 3.8) is 0 Å². The molecular formula is C14H20N2O5S2. The molecule has 1 aliphatic rings. The Labute approximate surface area is 136 Å². The lowest BCUT2D eigenvalue weighted by Gasteiger charge is -2.31. The maximum absolute atomic E-state index is 12.5. The first-order valence-corrected chi connectivity index (χ1v) is 10.7. The summed E-state index contributed by atoms with van der Waals surface area (Å²) in [4.78, 5) is 11.9. The van der Waals surface area contributed by atoms with Gasteiger partial charge in [-0.25, -0.2) is 21.1 Å². The van der Waals surface area contributed by atoms with Gasteiger partial charge in [-0.05, 0) is 18.4 Å². The second kappa shape index (κ2) is 6.98. The molecule has 1 N–H and O–H groups in total. The normalized spacial score (nSPS) is 20.1. The van der Waals surface area contributed by atoms with Gasteiger partial charge in [0, 0.05) is 13.1 Å². The SMILES string of the molecule is CS(=O)(=O)NC(=O)C1CCCN(S(=O)(=O)Cc2ccccc2)C1. The largest absolute Gasteiger partial charge is 0.274 e. The van der Waals surface area contributed by atoms with Crippen LogP contribution in [0.2, 0.25) is 0 Å². The zero-order chi connectivity index (χ0) is 17.1. The number of amides is 1. The van der Waals surface area contributed by atoms with Crippen LogP contribution in [0, 0.1) is 5.92 Å². The summed E-state index contributed by atoms with van der Waals surface area (Å²) >= 11 is 0. The average Bonchev–Trinajstić information content (AvgIpc) is 2.46. The zero-order valence-corrected chi connectivity index (χ0v) is 14.4. The van der Waals surface area contributed by atoms with Crippen LogP contribution in [0.15, 0.2) is 30.3 Å². The smallest absolute Gasteiger partial charge is 0.237 e. The topological polar surface area (TPSA) is 101 Å². The third-order valence-electron chi connectivity index (χ3n) is 3.63. The number of piperidine rings is 1. The molecule has 1 atom stereocenters. The van der Waals surface area contributed by atoms with Gasteiger partial charge in [0.15, 0.2) is 0 Å². The summed E-state index contributed by atoms with van der Waals surface area (Å²) in [6, 6.07) is 8.81. The standard InChI is InChI=1S/C14H20N2O5S2/c1-22(18,19)15-14(17)13-8-5-9-16(10-13)23(20,21)11-12-6-3-2-4-7-12/h2-4,6-7,13H,5,8-11H2,1H3,(H,15,17). The van der Waals surface area contributed by atoms with E-state index in [1.165, 1.54) is 4.31 Å². The van der Waals surface area contributed by atoms with Crippen molar-refractivity contribution in [1.29, 1.82) is 0 Å². The molecule has 0 radical (unpaired) electrons. The van der Waals surface area contributed by atoms with E-state index in [0.29, 0.717) is 24.9 Å². The van der Waals surface area contributed by atoms with Crippen molar-refractivity contribution in [3.05, 3.63) is 35.9 Å². The first-order chi connectivity index (χ1) is 10.7. The highest BCUT2D eigenvalue weighted by atomic mass is 32.2. The second-order valence-electron chi connectivity index (χ2n) is 5.68. The summed E-state index contributed by atoms with van der Waals surface area (Å²) in [6.07, 6.45) is 1.90. The van der Waals surface area contributed by atoms with E-state index in [-0.39, 0.29) is 12.3 Å². The van der Waals surface area contributed by atoms with Crippen LogP contribution in [0.3, 0.4) is 0 Å². The molecule has 1 amide bonds. The molecule has 1 aliphatic heterocycles. The molecule has 0 saturated carbocycles. The van der Waals surface area contributed by atoms with Gasteiger partial charge in [-0.1, -0.05) is 30.3 Å².